The number of likely N-dealkylation sites (tertiary alicyclic amines) is 1. The highest BCUT2D eigenvalue weighted by molar-refractivity contribution is 6.02. The van der Waals surface area contributed by atoms with E-state index in [9.17, 15) is 33.1 Å². The van der Waals surface area contributed by atoms with Crippen molar-refractivity contribution in [1.29, 1.82) is 5.26 Å². The molecule has 2 aliphatic carbocycles. The van der Waals surface area contributed by atoms with Crippen LogP contribution in [-0.4, -0.2) is 62.5 Å². The van der Waals surface area contributed by atoms with Crippen LogP contribution in [0, 0.1) is 17.2 Å². The second-order valence-corrected chi connectivity index (χ2v) is 9.19. The minimum absolute atomic E-state index is 0.0522. The summed E-state index contributed by atoms with van der Waals surface area (Å²) in [6.45, 7) is -0.922. The molecule has 3 aliphatic rings. The molecule has 9 nitrogen and oxygen atoms in total. The van der Waals surface area contributed by atoms with Gasteiger partial charge in [0.15, 0.2) is 11.4 Å². The molecule has 0 unspecified atom stereocenters. The smallest absolute Gasteiger partial charge is 0.378 e. The fourth-order valence-electron chi connectivity index (χ4n) is 4.66. The number of alkyl halides is 3. The molecule has 1 aromatic heterocycles. The van der Waals surface area contributed by atoms with E-state index in [0.717, 1.165) is 12.8 Å². The number of anilines is 1. The Bertz CT molecular complexity index is 951. The quantitative estimate of drug-likeness (QED) is 0.596. The first kappa shape index (κ1) is 22.5. The fourth-order valence-corrected chi connectivity index (χ4v) is 4.66. The predicted octanol–water partition coefficient (Wildman–Crippen LogP) is 1.49. The summed E-state index contributed by atoms with van der Waals surface area (Å²) >= 11 is 0. The van der Waals surface area contributed by atoms with Crippen LogP contribution in [0.15, 0.2) is 6.20 Å². The lowest BCUT2D eigenvalue weighted by Crippen LogP contribution is -2.71. The second-order valence-electron chi connectivity index (χ2n) is 9.19. The number of aromatic nitrogens is 2. The average Bonchev–Trinajstić information content (AvgIpc) is 3.46. The zero-order valence-electron chi connectivity index (χ0n) is 17.4. The van der Waals surface area contributed by atoms with Crippen LogP contribution < -0.4 is 11.1 Å². The summed E-state index contributed by atoms with van der Waals surface area (Å²) in [4.78, 5) is 25.7. The molecule has 32 heavy (non-hydrogen) atoms. The van der Waals surface area contributed by atoms with Crippen molar-refractivity contribution in [3.05, 3.63) is 11.8 Å². The number of aliphatic hydroxyl groups is 1. The van der Waals surface area contributed by atoms with E-state index in [-0.39, 0.29) is 35.7 Å². The number of nitriles is 1. The van der Waals surface area contributed by atoms with Gasteiger partial charge in [-0.3, -0.25) is 19.2 Å². The Morgan fingerprint density at radius 3 is 2.41 bits per heavy atom. The zero-order valence-corrected chi connectivity index (χ0v) is 17.4. The number of amides is 2. The summed E-state index contributed by atoms with van der Waals surface area (Å²) in [5, 5.41) is 26.2. The number of nitrogens with two attached hydrogens (primary N) is 1. The Morgan fingerprint density at radius 2 is 1.91 bits per heavy atom. The Labute approximate surface area is 182 Å². The number of nitrogens with zero attached hydrogens (tertiary/aromatic N) is 4. The lowest BCUT2D eigenvalue weighted by molar-refractivity contribution is -0.307. The summed E-state index contributed by atoms with van der Waals surface area (Å²) in [5.74, 6) is -1.02. The number of carbonyl (C=O) groups is 2. The van der Waals surface area contributed by atoms with Crippen molar-refractivity contribution < 1.29 is 27.9 Å². The molecule has 0 bridgehead atoms. The first-order valence-electron chi connectivity index (χ1n) is 10.6. The molecule has 1 aliphatic heterocycles. The maximum Gasteiger partial charge on any atom is 0.419 e. The van der Waals surface area contributed by atoms with Crippen LogP contribution in [0.2, 0.25) is 0 Å². The molecular formula is C20H25F3N6O3. The predicted molar refractivity (Wildman–Crippen MR) is 105 cm³/mol. The van der Waals surface area contributed by atoms with E-state index in [0.29, 0.717) is 25.7 Å². The monoisotopic (exact) mass is 454 g/mol. The number of hydrogen-bond donors (Lipinski definition) is 3. The first-order valence-corrected chi connectivity index (χ1v) is 10.6. The van der Waals surface area contributed by atoms with Gasteiger partial charge in [0.1, 0.15) is 5.56 Å². The molecule has 174 valence electrons. The van der Waals surface area contributed by atoms with E-state index < -0.39 is 36.3 Å². The van der Waals surface area contributed by atoms with Crippen LogP contribution in [-0.2, 0) is 10.3 Å². The minimum Gasteiger partial charge on any atom is -0.378 e. The van der Waals surface area contributed by atoms with Crippen LogP contribution in [0.25, 0.3) is 0 Å². The van der Waals surface area contributed by atoms with Crippen molar-refractivity contribution >= 4 is 17.6 Å². The highest BCUT2D eigenvalue weighted by Gasteiger charge is 2.62. The lowest BCUT2D eigenvalue weighted by Gasteiger charge is -2.52. The summed E-state index contributed by atoms with van der Waals surface area (Å²) < 4.78 is 40.3. The Balaban J connectivity index is 1.49. The van der Waals surface area contributed by atoms with Gasteiger partial charge in [-0.1, -0.05) is 0 Å². The summed E-state index contributed by atoms with van der Waals surface area (Å²) in [6.07, 6.45) is 0.317. The van der Waals surface area contributed by atoms with E-state index in [4.69, 9.17) is 5.73 Å². The van der Waals surface area contributed by atoms with Gasteiger partial charge < -0.3 is 16.2 Å². The molecule has 0 aromatic carbocycles. The van der Waals surface area contributed by atoms with Crippen LogP contribution in [0.3, 0.4) is 0 Å². The third-order valence-electron chi connectivity index (χ3n) is 6.92. The molecule has 1 saturated heterocycles. The topological polar surface area (TPSA) is 137 Å². The Hall–Kier alpha value is -2.65. The third kappa shape index (κ3) is 3.95. The zero-order chi connectivity index (χ0) is 23.3. The Morgan fingerprint density at radius 1 is 1.28 bits per heavy atom. The number of hydrogen-bond acceptors (Lipinski definition) is 6. The normalized spacial score (nSPS) is 27.9. The summed E-state index contributed by atoms with van der Waals surface area (Å²) in [5.41, 5.74) is 2.09. The second kappa shape index (κ2) is 7.74. The first-order chi connectivity index (χ1) is 15.0. The van der Waals surface area contributed by atoms with E-state index in [1.54, 1.807) is 4.90 Å². The molecule has 0 radical (unpaired) electrons. The molecule has 0 spiro atoms. The highest BCUT2D eigenvalue weighted by atomic mass is 19.4. The molecule has 4 rings (SSSR count). The minimum atomic E-state index is -4.66. The van der Waals surface area contributed by atoms with E-state index in [1.807, 2.05) is 0 Å². The SMILES string of the molecule is N#CC[C@]1(n2cc(C(N)=O)c(NC(=O)C3CC3)n2)CC[C@@H](N2CC(O)(C(F)(F)F)C2)CC1. The third-order valence-corrected chi connectivity index (χ3v) is 6.92. The average molecular weight is 454 g/mol. The fraction of sp³-hybridized carbons (Fsp3) is 0.700. The summed E-state index contributed by atoms with van der Waals surface area (Å²) in [6, 6.07) is 1.99. The van der Waals surface area contributed by atoms with Crippen LogP contribution in [0.1, 0.15) is 55.3 Å². The van der Waals surface area contributed by atoms with Crippen molar-refractivity contribution in [2.24, 2.45) is 11.7 Å². The van der Waals surface area contributed by atoms with Crippen molar-refractivity contribution in [2.75, 3.05) is 18.4 Å². The van der Waals surface area contributed by atoms with Gasteiger partial charge >= 0.3 is 6.18 Å². The van der Waals surface area contributed by atoms with Gasteiger partial charge in [0.05, 0.1) is 18.0 Å². The standard InChI is InChI=1S/C20H25F3N6O3/c21-20(22,23)19(32)10-28(11-19)13-3-5-18(6-4-13,7-8-24)29-9-14(15(25)30)16(27-29)26-17(31)12-1-2-12/h9,12-13,32H,1-7,10-11H2,(H2,25,30)(H,26,27,31)/t13-,18+. The molecule has 12 heteroatoms. The molecule has 2 saturated carbocycles. The molecular weight excluding hydrogens is 429 g/mol. The number of halogens is 3. The van der Waals surface area contributed by atoms with Gasteiger partial charge in [0.2, 0.25) is 5.91 Å². The van der Waals surface area contributed by atoms with Gasteiger partial charge in [0.25, 0.3) is 5.91 Å². The Kier molecular flexibility index (Phi) is 5.45. The lowest BCUT2D eigenvalue weighted by atomic mass is 9.75. The summed E-state index contributed by atoms with van der Waals surface area (Å²) in [7, 11) is 0. The highest BCUT2D eigenvalue weighted by Crippen LogP contribution is 2.44. The van der Waals surface area contributed by atoms with Crippen molar-refractivity contribution in [3.63, 3.8) is 0 Å². The number of primary amides is 1. The van der Waals surface area contributed by atoms with Crippen LogP contribution in [0.5, 0.6) is 0 Å². The number of carbonyl (C=O) groups excluding carboxylic acids is 2. The molecule has 2 amide bonds. The number of rotatable bonds is 6. The molecule has 4 N–H and O–H groups in total. The van der Waals surface area contributed by atoms with Gasteiger partial charge in [-0.25, -0.2) is 0 Å². The van der Waals surface area contributed by atoms with E-state index in [1.165, 1.54) is 10.9 Å². The maximum absolute atomic E-state index is 12.9. The molecule has 0 atom stereocenters. The largest absolute Gasteiger partial charge is 0.419 e. The van der Waals surface area contributed by atoms with Crippen molar-refractivity contribution in [2.45, 2.75) is 68.3 Å². The van der Waals surface area contributed by atoms with Crippen molar-refractivity contribution in [1.82, 2.24) is 14.7 Å². The van der Waals surface area contributed by atoms with Crippen LogP contribution in [0.4, 0.5) is 19.0 Å². The maximum atomic E-state index is 12.9. The molecule has 1 aromatic rings. The van der Waals surface area contributed by atoms with Gasteiger partial charge in [0, 0.05) is 31.2 Å². The number of nitrogens with one attached hydrogen (secondary N) is 1. The molecule has 2 heterocycles. The van der Waals surface area contributed by atoms with Gasteiger partial charge in [-0.05, 0) is 38.5 Å². The van der Waals surface area contributed by atoms with Crippen molar-refractivity contribution in [3.8, 4) is 6.07 Å². The van der Waals surface area contributed by atoms with E-state index in [2.05, 4.69) is 16.5 Å². The van der Waals surface area contributed by atoms with E-state index >= 15 is 0 Å². The van der Waals surface area contributed by atoms with Crippen LogP contribution >= 0.6 is 0 Å². The molecule has 3 fully saturated rings. The van der Waals surface area contributed by atoms with Gasteiger partial charge in [-0.2, -0.15) is 23.5 Å². The van der Waals surface area contributed by atoms with Gasteiger partial charge in [-0.15, -0.1) is 0 Å². The number of β-amino-alcohol motifs (C(OH)–C–C–N with tert-alkyl or cyclic N) is 1.